The summed E-state index contributed by atoms with van der Waals surface area (Å²) >= 11 is 0. The average Bonchev–Trinajstić information content (AvgIpc) is 3.38. The Balaban J connectivity index is 5.17. The molecule has 0 spiro atoms. The molecule has 0 saturated heterocycles. The van der Waals surface area contributed by atoms with Crippen LogP contribution in [-0.2, 0) is 27.9 Å². The molecule has 0 aliphatic carbocycles. The lowest BCUT2D eigenvalue weighted by atomic mass is 10.0. The smallest absolute Gasteiger partial charge is 0.456 e. The van der Waals surface area contributed by atoms with E-state index in [9.17, 15) is 19.0 Å². The normalized spacial score (nSPS) is 13.7. The summed E-state index contributed by atoms with van der Waals surface area (Å²) in [5, 5.41) is 3.07. The molecule has 0 aliphatic rings. The second-order valence-electron chi connectivity index (χ2n) is 24.0. The molecule has 10 heteroatoms. The van der Waals surface area contributed by atoms with Crippen LogP contribution in [0.3, 0.4) is 0 Å². The van der Waals surface area contributed by atoms with Gasteiger partial charge in [-0.3, -0.25) is 18.6 Å². The van der Waals surface area contributed by atoms with Crippen molar-refractivity contribution in [2.75, 3.05) is 40.9 Å². The van der Waals surface area contributed by atoms with Crippen molar-refractivity contribution in [2.24, 2.45) is 0 Å². The zero-order valence-corrected chi connectivity index (χ0v) is 52.4. The topological polar surface area (TPSA) is 111 Å². The number of phosphoric acid groups is 1. The largest absolute Gasteiger partial charge is 0.472 e. The Labute approximate surface area is 473 Å². The van der Waals surface area contributed by atoms with E-state index in [1.807, 2.05) is 33.3 Å². The minimum atomic E-state index is -4.44. The van der Waals surface area contributed by atoms with Crippen LogP contribution in [0.2, 0.25) is 0 Å². The van der Waals surface area contributed by atoms with E-state index in [1.165, 1.54) is 244 Å². The molecule has 0 aliphatic heterocycles. The van der Waals surface area contributed by atoms with E-state index in [4.69, 9.17) is 13.8 Å². The predicted octanol–water partition coefficient (Wildman–Crippen LogP) is 20.5. The van der Waals surface area contributed by atoms with Gasteiger partial charge < -0.3 is 19.4 Å². The maximum absolute atomic E-state index is 13.6. The van der Waals surface area contributed by atoms with Crippen LogP contribution >= 0.6 is 7.82 Å². The summed E-state index contributed by atoms with van der Waals surface area (Å²) in [6, 6.07) is -0.842. The highest BCUT2D eigenvalue weighted by atomic mass is 31.2. The zero-order chi connectivity index (χ0) is 55.7. The van der Waals surface area contributed by atoms with Gasteiger partial charge >= 0.3 is 13.8 Å². The number of hydrogen-bond acceptors (Lipinski definition) is 6. The molecule has 3 unspecified atom stereocenters. The molecule has 2 N–H and O–H groups in total. The van der Waals surface area contributed by atoms with Crippen LogP contribution in [0.25, 0.3) is 0 Å². The van der Waals surface area contributed by atoms with Crippen molar-refractivity contribution in [3.63, 3.8) is 0 Å². The molecule has 0 rings (SSSR count). The summed E-state index contributed by atoms with van der Waals surface area (Å²) < 4.78 is 30.8. The standard InChI is InChI=1S/C66H129N2O7P/c1-7-10-13-16-19-22-25-28-30-32-33-34-35-36-38-41-44-47-50-53-56-59-66(70)75-64(57-54-51-48-45-42-39-27-24-21-18-15-12-9-3)63(62-74-76(71,72)73-61-60-68(4,5)6)67-65(69)58-55-52-49-46-43-40-37-31-29-26-23-20-17-14-11-8-2/h28,30,54,57,63-64H,7-27,29,31-53,55-56,58-62H2,1-6H3,(H-,67,69,71,72)/p+1/b30-28+,57-54+. The lowest BCUT2D eigenvalue weighted by Gasteiger charge is -2.27. The van der Waals surface area contributed by atoms with Gasteiger partial charge in [0.25, 0.3) is 0 Å². The number of esters is 1. The molecule has 450 valence electrons. The maximum Gasteiger partial charge on any atom is 0.472 e. The molecule has 9 nitrogen and oxygen atoms in total. The number of phosphoric ester groups is 1. The first-order chi connectivity index (χ1) is 36.9. The van der Waals surface area contributed by atoms with Gasteiger partial charge in [0.2, 0.25) is 5.91 Å². The van der Waals surface area contributed by atoms with Crippen LogP contribution < -0.4 is 5.32 Å². The number of hydrogen-bond donors (Lipinski definition) is 2. The van der Waals surface area contributed by atoms with Crippen LogP contribution in [0.1, 0.15) is 335 Å². The van der Waals surface area contributed by atoms with E-state index >= 15 is 0 Å². The second kappa shape index (κ2) is 56.8. The minimum Gasteiger partial charge on any atom is -0.456 e. The van der Waals surface area contributed by atoms with Crippen molar-refractivity contribution >= 4 is 19.7 Å². The van der Waals surface area contributed by atoms with Crippen LogP contribution in [-0.4, -0.2) is 74.3 Å². The first-order valence-electron chi connectivity index (χ1n) is 33.2. The molecular weight excluding hydrogens is 964 g/mol. The summed E-state index contributed by atoms with van der Waals surface area (Å²) in [6.45, 7) is 7.07. The minimum absolute atomic E-state index is 0.0442. The summed E-state index contributed by atoms with van der Waals surface area (Å²) in [6.07, 6.45) is 67.4. The molecule has 0 aromatic carbocycles. The third-order valence-corrected chi connectivity index (χ3v) is 16.1. The second-order valence-corrected chi connectivity index (χ2v) is 25.5. The van der Waals surface area contributed by atoms with Crippen molar-refractivity contribution in [2.45, 2.75) is 348 Å². The zero-order valence-electron chi connectivity index (χ0n) is 51.5. The van der Waals surface area contributed by atoms with E-state index < -0.39 is 20.0 Å². The highest BCUT2D eigenvalue weighted by Gasteiger charge is 2.30. The average molecular weight is 1090 g/mol. The van der Waals surface area contributed by atoms with Crippen LogP contribution in [0, 0.1) is 0 Å². The SMILES string of the molecule is CCCCCCCC/C=C/CCCCCCCCCCCCCC(=O)OC(/C=C/CCCCCCCCCCCCC)C(COP(=O)(O)OCC[N+](C)(C)C)NC(=O)CCCCCCCCCCCCCCCCCC. The molecular formula is C66H130N2O7P+. The Bertz CT molecular complexity index is 1350. The predicted molar refractivity (Wildman–Crippen MR) is 328 cm³/mol. The fourth-order valence-corrected chi connectivity index (χ4v) is 10.7. The van der Waals surface area contributed by atoms with Gasteiger partial charge in [-0.05, 0) is 57.4 Å². The molecule has 0 saturated carbocycles. The van der Waals surface area contributed by atoms with E-state index in [2.05, 4.69) is 38.2 Å². The van der Waals surface area contributed by atoms with Crippen molar-refractivity contribution in [3.8, 4) is 0 Å². The number of allylic oxidation sites excluding steroid dienone is 3. The van der Waals surface area contributed by atoms with Gasteiger partial charge in [-0.15, -0.1) is 0 Å². The molecule has 0 radical (unpaired) electrons. The maximum atomic E-state index is 13.6. The lowest BCUT2D eigenvalue weighted by Crippen LogP contribution is -2.47. The van der Waals surface area contributed by atoms with E-state index in [0.29, 0.717) is 23.9 Å². The van der Waals surface area contributed by atoms with E-state index in [0.717, 1.165) is 57.8 Å². The molecule has 0 bridgehead atoms. The summed E-state index contributed by atoms with van der Waals surface area (Å²) in [5.74, 6) is -0.486. The van der Waals surface area contributed by atoms with Crippen molar-refractivity contribution in [1.29, 1.82) is 0 Å². The molecule has 1 amide bonds. The fraction of sp³-hybridized carbons (Fsp3) is 0.909. The van der Waals surface area contributed by atoms with Crippen LogP contribution in [0.15, 0.2) is 24.3 Å². The van der Waals surface area contributed by atoms with Crippen LogP contribution in [0.4, 0.5) is 0 Å². The quantitative estimate of drug-likeness (QED) is 0.0205. The van der Waals surface area contributed by atoms with Crippen molar-refractivity contribution in [3.05, 3.63) is 24.3 Å². The van der Waals surface area contributed by atoms with Gasteiger partial charge in [0.15, 0.2) is 0 Å². The van der Waals surface area contributed by atoms with Gasteiger partial charge in [0.05, 0.1) is 33.8 Å². The van der Waals surface area contributed by atoms with Crippen LogP contribution in [0.5, 0.6) is 0 Å². The van der Waals surface area contributed by atoms with Crippen molar-refractivity contribution < 1.29 is 37.3 Å². The van der Waals surface area contributed by atoms with E-state index in [1.54, 1.807) is 0 Å². The highest BCUT2D eigenvalue weighted by molar-refractivity contribution is 7.47. The first kappa shape index (κ1) is 74.5. The number of amides is 1. The first-order valence-corrected chi connectivity index (χ1v) is 34.7. The number of quaternary nitrogens is 1. The summed E-state index contributed by atoms with van der Waals surface area (Å²) in [5.41, 5.74) is 0. The Morgan fingerprint density at radius 3 is 1.12 bits per heavy atom. The van der Waals surface area contributed by atoms with Crippen molar-refractivity contribution in [1.82, 2.24) is 5.32 Å². The van der Waals surface area contributed by atoms with Gasteiger partial charge in [-0.2, -0.15) is 0 Å². The third-order valence-electron chi connectivity index (χ3n) is 15.1. The van der Waals surface area contributed by atoms with Gasteiger partial charge in [0, 0.05) is 12.8 Å². The summed E-state index contributed by atoms with van der Waals surface area (Å²) in [4.78, 5) is 37.8. The van der Waals surface area contributed by atoms with Gasteiger partial charge in [-0.25, -0.2) is 4.57 Å². The number of nitrogens with one attached hydrogen (secondary N) is 1. The number of carbonyl (C=O) groups excluding carboxylic acids is 2. The number of unbranched alkanes of at least 4 members (excludes halogenated alkanes) is 43. The lowest BCUT2D eigenvalue weighted by molar-refractivity contribution is -0.870. The molecule has 76 heavy (non-hydrogen) atoms. The Hall–Kier alpha value is -1.51. The Morgan fingerprint density at radius 1 is 0.447 bits per heavy atom. The number of ether oxygens (including phenoxy) is 1. The Kier molecular flexibility index (Phi) is 55.6. The molecule has 0 aromatic rings. The van der Waals surface area contributed by atoms with Gasteiger partial charge in [-0.1, -0.05) is 289 Å². The number of rotatable bonds is 61. The molecule has 3 atom stereocenters. The third kappa shape index (κ3) is 57.2. The highest BCUT2D eigenvalue weighted by Crippen LogP contribution is 2.43. The number of carbonyl (C=O) groups is 2. The van der Waals surface area contributed by atoms with E-state index in [-0.39, 0.29) is 25.1 Å². The Morgan fingerprint density at radius 2 is 0.763 bits per heavy atom. The van der Waals surface area contributed by atoms with Gasteiger partial charge in [0.1, 0.15) is 19.3 Å². The monoisotopic (exact) mass is 1090 g/mol. The summed E-state index contributed by atoms with van der Waals surface area (Å²) in [7, 11) is 1.51. The molecule has 0 fully saturated rings. The molecule has 0 heterocycles. The fourth-order valence-electron chi connectivity index (χ4n) is 10.00. The number of nitrogens with zero attached hydrogens (tertiary/aromatic N) is 1. The number of likely N-dealkylation sites (N-methyl/N-ethyl adjacent to an activating group) is 1. The molecule has 0 aromatic heterocycles.